The van der Waals surface area contributed by atoms with Crippen LogP contribution in [0.25, 0.3) is 0 Å². The molecule has 0 amide bonds. The van der Waals surface area contributed by atoms with Gasteiger partial charge in [0.15, 0.2) is 0 Å². The van der Waals surface area contributed by atoms with Gasteiger partial charge >= 0.3 is 23.1 Å². The topological polar surface area (TPSA) is 20.2 Å². The summed E-state index contributed by atoms with van der Waals surface area (Å²) in [5.41, 5.74) is 0. The fraction of sp³-hybridized carbons (Fsp3) is 1.00. The molecule has 0 aliphatic carbocycles. The molecule has 11 heavy (non-hydrogen) atoms. The molecule has 0 atom stereocenters. The molecule has 0 fully saturated rings. The molecule has 0 spiro atoms. The molecule has 0 unspecified atom stereocenters. The van der Waals surface area contributed by atoms with Crippen LogP contribution in [-0.4, -0.2) is 34.8 Å². The maximum atomic E-state index is 8.47. The van der Waals surface area contributed by atoms with Crippen molar-refractivity contribution < 1.29 is 7.96 Å². The van der Waals surface area contributed by atoms with Crippen LogP contribution in [0.15, 0.2) is 0 Å². The van der Waals surface area contributed by atoms with Crippen molar-refractivity contribution in [1.29, 1.82) is 0 Å². The molecule has 0 saturated heterocycles. The van der Waals surface area contributed by atoms with Gasteiger partial charge in [-0.1, -0.05) is 45.4 Å². The summed E-state index contributed by atoms with van der Waals surface area (Å²) in [4.78, 5) is 0. The summed E-state index contributed by atoms with van der Waals surface area (Å²) in [6.07, 6.45) is 8.93. The minimum absolute atomic E-state index is 0. The first-order chi connectivity index (χ1) is 4.91. The van der Waals surface area contributed by atoms with Crippen molar-refractivity contribution in [2.24, 2.45) is 0 Å². The first-order valence-corrected chi connectivity index (χ1v) is 4.52. The Kier molecular flexibility index (Phi) is 17.3. The molecular weight excluding hydrogens is 148 g/mol. The SMILES string of the molecule is CCCCCCCCCO.[H-].[H-].[Mg+2]. The first kappa shape index (κ1) is 14.3. The van der Waals surface area contributed by atoms with E-state index in [1.807, 2.05) is 0 Å². The second kappa shape index (κ2) is 13.3. The molecule has 0 bridgehead atoms. The fourth-order valence-corrected chi connectivity index (χ4v) is 1.07. The normalized spacial score (nSPS) is 9.27. The van der Waals surface area contributed by atoms with Crippen LogP contribution in [0.3, 0.4) is 0 Å². The van der Waals surface area contributed by atoms with Gasteiger partial charge < -0.3 is 7.96 Å². The fourth-order valence-electron chi connectivity index (χ4n) is 1.07. The Morgan fingerprint density at radius 2 is 1.36 bits per heavy atom. The Hall–Kier alpha value is 0.726. The molecule has 66 valence electrons. The first-order valence-electron chi connectivity index (χ1n) is 4.52. The number of aliphatic hydroxyl groups excluding tert-OH is 1. The third-order valence-electron chi connectivity index (χ3n) is 1.76. The van der Waals surface area contributed by atoms with E-state index in [0.717, 1.165) is 6.42 Å². The van der Waals surface area contributed by atoms with Gasteiger partial charge in [-0.15, -0.1) is 0 Å². The van der Waals surface area contributed by atoms with Crippen molar-refractivity contribution in [2.45, 2.75) is 51.9 Å². The third kappa shape index (κ3) is 13.7. The van der Waals surface area contributed by atoms with Crippen LogP contribution < -0.4 is 0 Å². The Bertz CT molecular complexity index is 57.6. The van der Waals surface area contributed by atoms with Crippen molar-refractivity contribution in [3.63, 3.8) is 0 Å². The van der Waals surface area contributed by atoms with Crippen LogP contribution in [0.5, 0.6) is 0 Å². The second-order valence-corrected chi connectivity index (χ2v) is 2.84. The van der Waals surface area contributed by atoms with E-state index in [1.165, 1.54) is 38.5 Å². The molecule has 0 radical (unpaired) electrons. The number of hydrogen-bond acceptors (Lipinski definition) is 1. The van der Waals surface area contributed by atoms with Crippen LogP contribution in [0.4, 0.5) is 0 Å². The molecule has 0 rings (SSSR count). The van der Waals surface area contributed by atoms with Crippen LogP contribution in [-0.2, 0) is 0 Å². The summed E-state index contributed by atoms with van der Waals surface area (Å²) in [5, 5.41) is 8.47. The van der Waals surface area contributed by atoms with Gasteiger partial charge in [-0.05, 0) is 6.42 Å². The van der Waals surface area contributed by atoms with E-state index in [0.29, 0.717) is 6.61 Å². The summed E-state index contributed by atoms with van der Waals surface area (Å²) in [7, 11) is 0. The van der Waals surface area contributed by atoms with Gasteiger partial charge in [-0.2, -0.15) is 0 Å². The average molecular weight is 171 g/mol. The van der Waals surface area contributed by atoms with Crippen LogP contribution in [0, 0.1) is 0 Å². The van der Waals surface area contributed by atoms with Crippen LogP contribution in [0.1, 0.15) is 54.7 Å². The van der Waals surface area contributed by atoms with Crippen molar-refractivity contribution >= 4 is 23.1 Å². The van der Waals surface area contributed by atoms with Gasteiger partial charge in [-0.25, -0.2) is 0 Å². The predicted octanol–water partition coefficient (Wildman–Crippen LogP) is 2.57. The molecule has 0 aromatic heterocycles. The zero-order valence-corrected chi connectivity index (χ0v) is 9.23. The van der Waals surface area contributed by atoms with Gasteiger partial charge in [0.05, 0.1) is 0 Å². The number of unbranched alkanes of at least 4 members (excludes halogenated alkanes) is 6. The van der Waals surface area contributed by atoms with Crippen molar-refractivity contribution in [1.82, 2.24) is 0 Å². The van der Waals surface area contributed by atoms with Crippen molar-refractivity contribution in [3.8, 4) is 0 Å². The summed E-state index contributed by atoms with van der Waals surface area (Å²) < 4.78 is 0. The molecule has 0 aliphatic rings. The molecule has 1 N–H and O–H groups in total. The van der Waals surface area contributed by atoms with E-state index >= 15 is 0 Å². The van der Waals surface area contributed by atoms with E-state index < -0.39 is 0 Å². The predicted molar refractivity (Wildman–Crippen MR) is 53.1 cm³/mol. The quantitative estimate of drug-likeness (QED) is 0.460. The average Bonchev–Trinajstić information content (AvgIpc) is 1.97. The number of rotatable bonds is 7. The smallest absolute Gasteiger partial charge is 1.00 e. The largest absolute Gasteiger partial charge is 2.00 e. The molecule has 0 aliphatic heterocycles. The number of aliphatic hydroxyl groups is 1. The Morgan fingerprint density at radius 1 is 0.909 bits per heavy atom. The van der Waals surface area contributed by atoms with Gasteiger partial charge in [-0.3, -0.25) is 0 Å². The van der Waals surface area contributed by atoms with Crippen molar-refractivity contribution in [3.05, 3.63) is 0 Å². The zero-order chi connectivity index (χ0) is 7.66. The van der Waals surface area contributed by atoms with E-state index in [-0.39, 0.29) is 25.9 Å². The third-order valence-corrected chi connectivity index (χ3v) is 1.76. The summed E-state index contributed by atoms with van der Waals surface area (Å²) in [6, 6.07) is 0. The van der Waals surface area contributed by atoms with Crippen LogP contribution >= 0.6 is 0 Å². The summed E-state index contributed by atoms with van der Waals surface area (Å²) in [5.74, 6) is 0. The molecule has 0 aromatic rings. The van der Waals surface area contributed by atoms with Gasteiger partial charge in [0.1, 0.15) is 0 Å². The molecule has 0 heterocycles. The minimum atomic E-state index is 0. The Morgan fingerprint density at radius 3 is 1.82 bits per heavy atom. The maximum absolute atomic E-state index is 8.47. The molecule has 1 nitrogen and oxygen atoms in total. The zero-order valence-electron chi connectivity index (χ0n) is 9.81. The maximum Gasteiger partial charge on any atom is 2.00 e. The van der Waals surface area contributed by atoms with E-state index in [4.69, 9.17) is 5.11 Å². The van der Waals surface area contributed by atoms with Crippen molar-refractivity contribution in [2.75, 3.05) is 6.61 Å². The Labute approximate surface area is 89.7 Å². The minimum Gasteiger partial charge on any atom is -1.00 e. The standard InChI is InChI=1S/C9H20O.Mg.2H/c1-2-3-4-5-6-7-8-9-10;;;/h10H,2-9H2,1H3;;;/q;+2;2*-1. The number of hydrogen-bond donors (Lipinski definition) is 1. The van der Waals surface area contributed by atoms with Gasteiger partial charge in [0.2, 0.25) is 0 Å². The van der Waals surface area contributed by atoms with Gasteiger partial charge in [0.25, 0.3) is 0 Å². The molecule has 0 aromatic carbocycles. The summed E-state index contributed by atoms with van der Waals surface area (Å²) >= 11 is 0. The second-order valence-electron chi connectivity index (χ2n) is 2.84. The molecule has 0 saturated carbocycles. The monoisotopic (exact) mass is 170 g/mol. The Balaban J connectivity index is -0.000000135. The summed E-state index contributed by atoms with van der Waals surface area (Å²) in [6.45, 7) is 2.60. The van der Waals surface area contributed by atoms with Crippen LogP contribution in [0.2, 0.25) is 0 Å². The van der Waals surface area contributed by atoms with E-state index in [1.54, 1.807) is 0 Å². The van der Waals surface area contributed by atoms with E-state index in [9.17, 15) is 0 Å². The van der Waals surface area contributed by atoms with E-state index in [2.05, 4.69) is 6.92 Å². The molecular formula is C9H22MgO. The molecule has 2 heteroatoms. The van der Waals surface area contributed by atoms with Gasteiger partial charge in [0, 0.05) is 6.61 Å².